The van der Waals surface area contributed by atoms with Gasteiger partial charge in [-0.25, -0.2) is 0 Å². The number of aryl methyl sites for hydroxylation is 1. The van der Waals surface area contributed by atoms with Gasteiger partial charge in [0, 0.05) is 24.9 Å². The Bertz CT molecular complexity index is 538. The minimum Gasteiger partial charge on any atom is -0.334 e. The molecule has 1 aromatic carbocycles. The molecule has 0 saturated carbocycles. The van der Waals surface area contributed by atoms with E-state index in [0.29, 0.717) is 0 Å². The molecule has 1 aliphatic heterocycles. The Morgan fingerprint density at radius 2 is 1.95 bits per heavy atom. The van der Waals surface area contributed by atoms with Crippen molar-refractivity contribution in [2.45, 2.75) is 31.4 Å². The molecule has 1 amide bonds. The van der Waals surface area contributed by atoms with Crippen molar-refractivity contribution in [3.63, 3.8) is 0 Å². The fourth-order valence-electron chi connectivity index (χ4n) is 3.50. The zero-order valence-electron chi connectivity index (χ0n) is 10.5. The molecule has 0 radical (unpaired) electrons. The van der Waals surface area contributed by atoms with E-state index < -0.39 is 12.1 Å². The van der Waals surface area contributed by atoms with E-state index in [1.165, 1.54) is 0 Å². The summed E-state index contributed by atoms with van der Waals surface area (Å²) in [5, 5.41) is 0. The lowest BCUT2D eigenvalue weighted by atomic mass is 9.94. The molecule has 2 aliphatic rings. The summed E-state index contributed by atoms with van der Waals surface area (Å²) in [4.78, 5) is 12.3. The zero-order valence-corrected chi connectivity index (χ0v) is 10.5. The van der Waals surface area contributed by atoms with Crippen molar-refractivity contribution in [1.82, 2.24) is 4.90 Å². The van der Waals surface area contributed by atoms with Gasteiger partial charge in [-0.05, 0) is 30.0 Å². The number of hydrogen-bond acceptors (Lipinski definition) is 1. The van der Waals surface area contributed by atoms with Crippen LogP contribution in [-0.2, 0) is 4.79 Å². The summed E-state index contributed by atoms with van der Waals surface area (Å²) in [5.41, 5.74) is 3.40. The van der Waals surface area contributed by atoms with Gasteiger partial charge in [0.25, 0.3) is 0 Å². The van der Waals surface area contributed by atoms with Gasteiger partial charge >= 0.3 is 12.1 Å². The Balaban J connectivity index is 1.91. The fraction of sp³-hybridized carbons (Fsp3) is 0.500. The van der Waals surface area contributed by atoms with Gasteiger partial charge in [-0.15, -0.1) is 0 Å². The molecule has 2 atom stereocenters. The van der Waals surface area contributed by atoms with Gasteiger partial charge in [0.15, 0.2) is 0 Å². The SMILES string of the molecule is Cc1cccc2c1C1CC2CN(C(=O)C(F)(F)F)C1. The molecule has 2 bridgehead atoms. The quantitative estimate of drug-likeness (QED) is 0.709. The fourth-order valence-corrected chi connectivity index (χ4v) is 3.50. The van der Waals surface area contributed by atoms with Crippen LogP contribution in [0.15, 0.2) is 18.2 Å². The first-order valence-corrected chi connectivity index (χ1v) is 6.33. The molecule has 0 N–H and O–H groups in total. The Morgan fingerprint density at radius 3 is 2.63 bits per heavy atom. The molecule has 1 aliphatic carbocycles. The van der Waals surface area contributed by atoms with Crippen LogP contribution in [0.1, 0.15) is 34.9 Å². The topological polar surface area (TPSA) is 20.3 Å². The summed E-state index contributed by atoms with van der Waals surface area (Å²) >= 11 is 0. The van der Waals surface area contributed by atoms with Crippen LogP contribution in [0.25, 0.3) is 0 Å². The molecule has 2 unspecified atom stereocenters. The summed E-state index contributed by atoms with van der Waals surface area (Å²) in [6.45, 7) is 2.35. The van der Waals surface area contributed by atoms with Crippen LogP contribution in [0.5, 0.6) is 0 Å². The monoisotopic (exact) mass is 269 g/mol. The maximum Gasteiger partial charge on any atom is 0.471 e. The highest BCUT2D eigenvalue weighted by Crippen LogP contribution is 2.47. The highest BCUT2D eigenvalue weighted by molar-refractivity contribution is 5.82. The van der Waals surface area contributed by atoms with E-state index in [-0.39, 0.29) is 24.9 Å². The Hall–Kier alpha value is -1.52. The number of rotatable bonds is 0. The predicted octanol–water partition coefficient (Wildman–Crippen LogP) is 2.97. The van der Waals surface area contributed by atoms with Gasteiger partial charge in [0.05, 0.1) is 0 Å². The number of alkyl halides is 3. The summed E-state index contributed by atoms with van der Waals surface area (Å²) in [6.07, 6.45) is -3.90. The van der Waals surface area contributed by atoms with Crippen LogP contribution in [0, 0.1) is 6.92 Å². The molecule has 3 rings (SSSR count). The number of fused-ring (bicyclic) bond motifs is 5. The number of nitrogens with zero attached hydrogens (tertiary/aromatic N) is 1. The van der Waals surface area contributed by atoms with Crippen molar-refractivity contribution in [2.24, 2.45) is 0 Å². The molecule has 0 aromatic heterocycles. The Labute approximate surface area is 109 Å². The van der Waals surface area contributed by atoms with Crippen LogP contribution < -0.4 is 0 Å². The van der Waals surface area contributed by atoms with Crippen molar-refractivity contribution in [3.05, 3.63) is 34.9 Å². The standard InChI is InChI=1S/C14H14F3NO/c1-8-3-2-4-11-9-5-10(12(8)11)7-18(6-9)13(19)14(15,16)17/h2-4,9-10H,5-7H2,1H3. The van der Waals surface area contributed by atoms with Gasteiger partial charge in [0.2, 0.25) is 0 Å². The summed E-state index contributed by atoms with van der Waals surface area (Å²) in [7, 11) is 0. The summed E-state index contributed by atoms with van der Waals surface area (Å²) < 4.78 is 37.6. The van der Waals surface area contributed by atoms with Crippen molar-refractivity contribution in [3.8, 4) is 0 Å². The normalized spacial score (nSPS) is 25.4. The van der Waals surface area contributed by atoms with Crippen LogP contribution in [0.2, 0.25) is 0 Å². The molecular formula is C14H14F3NO. The van der Waals surface area contributed by atoms with Gasteiger partial charge in [-0.1, -0.05) is 18.2 Å². The van der Waals surface area contributed by atoms with E-state index in [2.05, 4.69) is 0 Å². The lowest BCUT2D eigenvalue weighted by molar-refractivity contribution is -0.186. The summed E-state index contributed by atoms with van der Waals surface area (Å²) in [6, 6.07) is 5.90. The lowest BCUT2D eigenvalue weighted by Crippen LogP contribution is -2.46. The predicted molar refractivity (Wildman–Crippen MR) is 63.9 cm³/mol. The average molecular weight is 269 g/mol. The minimum atomic E-state index is -4.77. The van der Waals surface area contributed by atoms with Crippen LogP contribution in [0.4, 0.5) is 13.2 Å². The Kier molecular flexibility index (Phi) is 2.62. The number of amides is 1. The van der Waals surface area contributed by atoms with Crippen molar-refractivity contribution in [2.75, 3.05) is 13.1 Å². The smallest absolute Gasteiger partial charge is 0.334 e. The largest absolute Gasteiger partial charge is 0.471 e. The third kappa shape index (κ3) is 1.91. The van der Waals surface area contributed by atoms with Crippen LogP contribution in [0.3, 0.4) is 0 Å². The average Bonchev–Trinajstić information content (AvgIpc) is 2.60. The highest BCUT2D eigenvalue weighted by Gasteiger charge is 2.47. The van der Waals surface area contributed by atoms with Gasteiger partial charge in [-0.3, -0.25) is 4.79 Å². The molecule has 1 saturated heterocycles. The van der Waals surface area contributed by atoms with Crippen LogP contribution in [-0.4, -0.2) is 30.1 Å². The molecule has 2 nitrogen and oxygen atoms in total. The molecular weight excluding hydrogens is 255 g/mol. The van der Waals surface area contributed by atoms with Gasteiger partial charge < -0.3 is 4.90 Å². The Morgan fingerprint density at radius 1 is 1.26 bits per heavy atom. The number of carbonyl (C=O) groups excluding carboxylic acids is 1. The number of carbonyl (C=O) groups is 1. The van der Waals surface area contributed by atoms with E-state index in [9.17, 15) is 18.0 Å². The van der Waals surface area contributed by atoms with E-state index in [1.807, 2.05) is 25.1 Å². The third-order valence-corrected chi connectivity index (χ3v) is 4.19. The number of hydrogen-bond donors (Lipinski definition) is 0. The van der Waals surface area contributed by atoms with Crippen molar-refractivity contribution >= 4 is 5.91 Å². The van der Waals surface area contributed by atoms with Gasteiger partial charge in [-0.2, -0.15) is 13.2 Å². The maximum atomic E-state index is 12.5. The molecule has 5 heteroatoms. The van der Waals surface area contributed by atoms with Crippen molar-refractivity contribution in [1.29, 1.82) is 0 Å². The van der Waals surface area contributed by atoms with E-state index in [0.717, 1.165) is 28.0 Å². The third-order valence-electron chi connectivity index (χ3n) is 4.19. The molecule has 1 fully saturated rings. The number of likely N-dealkylation sites (tertiary alicyclic amines) is 1. The molecule has 102 valence electrons. The van der Waals surface area contributed by atoms with Crippen molar-refractivity contribution < 1.29 is 18.0 Å². The second-order valence-corrected chi connectivity index (χ2v) is 5.42. The summed E-state index contributed by atoms with van der Waals surface area (Å²) in [5.74, 6) is -1.59. The molecule has 1 aromatic rings. The second kappa shape index (κ2) is 3.99. The first-order chi connectivity index (χ1) is 8.88. The number of piperidine rings is 1. The van der Waals surface area contributed by atoms with E-state index in [1.54, 1.807) is 0 Å². The van der Waals surface area contributed by atoms with Gasteiger partial charge in [0.1, 0.15) is 0 Å². The van der Waals surface area contributed by atoms with E-state index >= 15 is 0 Å². The highest BCUT2D eigenvalue weighted by atomic mass is 19.4. The second-order valence-electron chi connectivity index (χ2n) is 5.42. The first-order valence-electron chi connectivity index (χ1n) is 6.33. The minimum absolute atomic E-state index is 0.0555. The maximum absolute atomic E-state index is 12.5. The first kappa shape index (κ1) is 12.5. The molecule has 1 heterocycles. The molecule has 19 heavy (non-hydrogen) atoms. The lowest BCUT2D eigenvalue weighted by Gasteiger charge is -2.32. The number of halogens is 3. The molecule has 0 spiro atoms. The van der Waals surface area contributed by atoms with E-state index in [4.69, 9.17) is 0 Å². The van der Waals surface area contributed by atoms with Crippen LogP contribution >= 0.6 is 0 Å². The zero-order chi connectivity index (χ0) is 13.8. The number of benzene rings is 1.